The van der Waals surface area contributed by atoms with Gasteiger partial charge in [0.05, 0.1) is 0 Å². The molecule has 1 rings (SSSR count). The summed E-state index contributed by atoms with van der Waals surface area (Å²) >= 11 is 1.95. The van der Waals surface area contributed by atoms with Gasteiger partial charge in [0.25, 0.3) is 0 Å². The summed E-state index contributed by atoms with van der Waals surface area (Å²) in [5, 5.41) is 0. The van der Waals surface area contributed by atoms with Crippen LogP contribution < -0.4 is 0 Å². The molecule has 0 aromatic carbocycles. The van der Waals surface area contributed by atoms with Crippen molar-refractivity contribution in [2.45, 2.75) is 39.5 Å². The Morgan fingerprint density at radius 1 is 1.18 bits per heavy atom. The van der Waals surface area contributed by atoms with Crippen molar-refractivity contribution in [1.82, 2.24) is 0 Å². The average Bonchev–Trinajstić information content (AvgIpc) is 2.33. The molecular weight excluding hydrogens is 151 g/mol. The normalized spacial score (nSPS) is 11.1. The monoisotopic (exact) mass is 166 g/mol. The molecule has 1 aromatic heterocycles. The number of hydrogen-bond donors (Lipinski definition) is 0. The first-order valence-electron chi connectivity index (χ1n) is 4.21. The van der Waals surface area contributed by atoms with Crippen LogP contribution in [-0.2, 0) is 0 Å². The molecule has 2 heteroatoms. The Balaban J connectivity index is 2.82. The minimum absolute atomic E-state index is 0.687. The molecule has 11 heavy (non-hydrogen) atoms. The first kappa shape index (κ1) is 8.99. The van der Waals surface area contributed by atoms with Gasteiger partial charge in [-0.15, -0.1) is 0 Å². The first-order valence-corrected chi connectivity index (χ1v) is 5.02. The van der Waals surface area contributed by atoms with Gasteiger partial charge in [0.1, 0.15) is 0 Å². The Morgan fingerprint density at radius 2 is 1.82 bits per heavy atom. The predicted molar refractivity (Wildman–Crippen MR) is 53.8 cm³/mol. The molecule has 0 spiro atoms. The Morgan fingerprint density at radius 3 is 2.09 bits per heavy atom. The zero-order chi connectivity index (χ0) is 8.43. The molecule has 0 aliphatic heterocycles. The predicted octanol–water partition coefficient (Wildman–Crippen LogP) is 3.33. The van der Waals surface area contributed by atoms with E-state index in [4.69, 9.17) is 0 Å². The molecule has 1 aromatic rings. The van der Waals surface area contributed by atoms with Crippen LogP contribution in [0.3, 0.4) is 0 Å². The fraction of sp³-hybridized carbons (Fsp3) is 0.667. The van der Waals surface area contributed by atoms with E-state index in [1.165, 1.54) is 9.65 Å². The Hall–Kier alpha value is -0.105. The summed E-state index contributed by atoms with van der Waals surface area (Å²) < 4.78 is 1.51. The van der Waals surface area contributed by atoms with Gasteiger partial charge in [0.2, 0.25) is 0 Å². The SMILES string of the molecule is CC(C)c1bcc(C(C)C)s1. The molecule has 0 atom stereocenters. The molecule has 0 nitrogen and oxygen atoms in total. The summed E-state index contributed by atoms with van der Waals surface area (Å²) in [4.78, 5) is 1.51. The number of rotatable bonds is 2. The van der Waals surface area contributed by atoms with Crippen molar-refractivity contribution >= 4 is 18.2 Å². The Labute approximate surface area is 73.9 Å². The van der Waals surface area contributed by atoms with E-state index in [0.717, 1.165) is 0 Å². The second-order valence-electron chi connectivity index (χ2n) is 3.55. The van der Waals surface area contributed by atoms with E-state index in [-0.39, 0.29) is 0 Å². The summed E-state index contributed by atoms with van der Waals surface area (Å²) in [6, 6.07) is 0. The van der Waals surface area contributed by atoms with E-state index in [0.29, 0.717) is 11.8 Å². The van der Waals surface area contributed by atoms with Crippen LogP contribution in [0.2, 0.25) is 0 Å². The Bertz CT molecular complexity index is 203. The van der Waals surface area contributed by atoms with Gasteiger partial charge in [0.15, 0.2) is 0 Å². The van der Waals surface area contributed by atoms with E-state index in [2.05, 4.69) is 40.6 Å². The summed E-state index contributed by atoms with van der Waals surface area (Å²) in [5.41, 5.74) is 0. The van der Waals surface area contributed by atoms with Crippen LogP contribution in [0.25, 0.3) is 0 Å². The van der Waals surface area contributed by atoms with Crippen LogP contribution in [0.5, 0.6) is 0 Å². The molecule has 0 aliphatic rings. The third-order valence-corrected chi connectivity index (χ3v) is 3.47. The maximum absolute atomic E-state index is 2.25. The first-order chi connectivity index (χ1) is 5.11. The summed E-state index contributed by atoms with van der Waals surface area (Å²) in [5.74, 6) is 3.63. The molecule has 1 heterocycles. The van der Waals surface area contributed by atoms with E-state index in [1.807, 2.05) is 11.3 Å². The van der Waals surface area contributed by atoms with Crippen LogP contribution in [-0.4, -0.2) is 6.91 Å². The van der Waals surface area contributed by atoms with Gasteiger partial charge in [-0.25, -0.2) is 0 Å². The van der Waals surface area contributed by atoms with Crippen molar-refractivity contribution in [2.75, 3.05) is 0 Å². The molecule has 0 N–H and O–H groups in total. The van der Waals surface area contributed by atoms with Crippen molar-refractivity contribution < 1.29 is 0 Å². The summed E-state index contributed by atoms with van der Waals surface area (Å²) in [7, 11) is 0. The van der Waals surface area contributed by atoms with Crippen LogP contribution in [0.15, 0.2) is 5.96 Å². The molecule has 0 saturated heterocycles. The molecule has 0 radical (unpaired) electrons. The van der Waals surface area contributed by atoms with Crippen LogP contribution in [0, 0.1) is 0 Å². The molecule has 0 fully saturated rings. The fourth-order valence-electron chi connectivity index (χ4n) is 0.989. The molecule has 0 amide bonds. The topological polar surface area (TPSA) is 0 Å². The maximum atomic E-state index is 2.25. The summed E-state index contributed by atoms with van der Waals surface area (Å²) in [6.07, 6.45) is 0. The molecule has 0 unspecified atom stereocenters. The summed E-state index contributed by atoms with van der Waals surface area (Å²) in [6.45, 7) is 11.2. The van der Waals surface area contributed by atoms with Crippen molar-refractivity contribution in [1.29, 1.82) is 0 Å². The van der Waals surface area contributed by atoms with E-state index >= 15 is 0 Å². The Kier molecular flexibility index (Phi) is 2.88. The van der Waals surface area contributed by atoms with Gasteiger partial charge in [0, 0.05) is 0 Å². The van der Waals surface area contributed by atoms with Crippen molar-refractivity contribution in [3.8, 4) is 0 Å². The third-order valence-electron chi connectivity index (χ3n) is 1.79. The van der Waals surface area contributed by atoms with Crippen molar-refractivity contribution in [3.63, 3.8) is 0 Å². The van der Waals surface area contributed by atoms with E-state index in [9.17, 15) is 0 Å². The third kappa shape index (κ3) is 2.16. The van der Waals surface area contributed by atoms with Gasteiger partial charge in [-0.3, -0.25) is 0 Å². The molecule has 0 aliphatic carbocycles. The van der Waals surface area contributed by atoms with Gasteiger partial charge in [-0.2, -0.15) is 0 Å². The molecular formula is C9H15BS. The quantitative estimate of drug-likeness (QED) is 0.632. The van der Waals surface area contributed by atoms with Gasteiger partial charge in [-0.1, -0.05) is 0 Å². The van der Waals surface area contributed by atoms with E-state index in [1.54, 1.807) is 0 Å². The van der Waals surface area contributed by atoms with Gasteiger partial charge >= 0.3 is 73.4 Å². The molecule has 0 bridgehead atoms. The average molecular weight is 166 g/mol. The van der Waals surface area contributed by atoms with Gasteiger partial charge < -0.3 is 0 Å². The zero-order valence-electron chi connectivity index (χ0n) is 7.72. The minimum atomic E-state index is 0.687. The van der Waals surface area contributed by atoms with Crippen molar-refractivity contribution in [3.05, 3.63) is 15.6 Å². The number of hydrogen-bond acceptors (Lipinski definition) is 1. The van der Waals surface area contributed by atoms with E-state index < -0.39 is 0 Å². The van der Waals surface area contributed by atoms with Crippen LogP contribution in [0.4, 0.5) is 0 Å². The second-order valence-corrected chi connectivity index (χ2v) is 4.70. The van der Waals surface area contributed by atoms with Crippen LogP contribution >= 0.6 is 11.3 Å². The second kappa shape index (κ2) is 3.53. The van der Waals surface area contributed by atoms with Gasteiger partial charge in [-0.05, 0) is 0 Å². The standard InChI is InChI=1S/C9H15BS/c1-6(2)8-5-10-9(11-8)7(3)4/h5-7H,1-4H3. The van der Waals surface area contributed by atoms with Crippen LogP contribution in [0.1, 0.15) is 49.2 Å². The molecule has 60 valence electrons. The fourth-order valence-corrected chi connectivity index (χ4v) is 2.00. The zero-order valence-corrected chi connectivity index (χ0v) is 8.53. The van der Waals surface area contributed by atoms with Crippen molar-refractivity contribution in [2.24, 2.45) is 0 Å². The molecule has 0 saturated carbocycles.